The monoisotopic (exact) mass is 382 g/mol. The molecule has 2 N–H and O–H groups in total. The second-order valence-corrected chi connectivity index (χ2v) is 7.08. The lowest BCUT2D eigenvalue weighted by Gasteiger charge is -2.21. The molecular formula is C18H27ClN4OS. The van der Waals surface area contributed by atoms with E-state index in [2.05, 4.69) is 11.2 Å². The molecular weight excluding hydrogens is 356 g/mol. The summed E-state index contributed by atoms with van der Waals surface area (Å²) in [6.07, 6.45) is 2.72. The highest BCUT2D eigenvalue weighted by Crippen LogP contribution is 2.15. The molecule has 1 aromatic carbocycles. The van der Waals surface area contributed by atoms with Gasteiger partial charge in [-0.3, -0.25) is 4.79 Å². The molecule has 1 aromatic heterocycles. The third-order valence-electron chi connectivity index (χ3n) is 3.91. The minimum absolute atomic E-state index is 0. The number of thioether (sulfide) groups is 1. The number of amides is 1. The fourth-order valence-electron chi connectivity index (χ4n) is 2.68. The highest BCUT2D eigenvalue weighted by molar-refractivity contribution is 7.98. The molecule has 5 nitrogen and oxygen atoms in total. The van der Waals surface area contributed by atoms with Gasteiger partial charge in [0.15, 0.2) is 0 Å². The lowest BCUT2D eigenvalue weighted by Crippen LogP contribution is -2.41. The molecule has 0 spiro atoms. The predicted octanol–water partition coefficient (Wildman–Crippen LogP) is 2.95. The van der Waals surface area contributed by atoms with E-state index in [4.69, 9.17) is 5.73 Å². The van der Waals surface area contributed by atoms with Crippen molar-refractivity contribution in [1.82, 2.24) is 14.7 Å². The predicted molar refractivity (Wildman–Crippen MR) is 108 cm³/mol. The molecule has 1 atom stereocenters. The number of aryl methyl sites for hydroxylation is 2. The summed E-state index contributed by atoms with van der Waals surface area (Å²) in [5.41, 5.74) is 10.1. The number of carbonyl (C=O) groups is 1. The van der Waals surface area contributed by atoms with Crippen LogP contribution in [-0.4, -0.2) is 45.7 Å². The van der Waals surface area contributed by atoms with E-state index < -0.39 is 6.04 Å². The summed E-state index contributed by atoms with van der Waals surface area (Å²) in [6.45, 7) is 4.56. The fourth-order valence-corrected chi connectivity index (χ4v) is 3.17. The summed E-state index contributed by atoms with van der Waals surface area (Å²) in [5.74, 6) is 0.884. The number of halogens is 1. The van der Waals surface area contributed by atoms with Crippen LogP contribution in [0.5, 0.6) is 0 Å². The SMILES string of the molecule is CSCC[C@H](N)C(=O)N(C)Cc1cccc(-n2nc(C)cc2C)c1.Cl. The maximum Gasteiger partial charge on any atom is 0.239 e. The molecule has 0 saturated carbocycles. The number of benzene rings is 1. The zero-order valence-corrected chi connectivity index (χ0v) is 16.9. The first kappa shape index (κ1) is 21.5. The molecule has 0 saturated heterocycles. The van der Waals surface area contributed by atoms with Gasteiger partial charge >= 0.3 is 0 Å². The second kappa shape index (κ2) is 9.85. The molecule has 2 rings (SSSR count). The van der Waals surface area contributed by atoms with Crippen LogP contribution in [0.15, 0.2) is 30.3 Å². The van der Waals surface area contributed by atoms with Gasteiger partial charge in [0.05, 0.1) is 17.4 Å². The van der Waals surface area contributed by atoms with Gasteiger partial charge < -0.3 is 10.6 Å². The van der Waals surface area contributed by atoms with E-state index in [-0.39, 0.29) is 18.3 Å². The van der Waals surface area contributed by atoms with Crippen LogP contribution in [0.3, 0.4) is 0 Å². The third kappa shape index (κ3) is 5.76. The Morgan fingerprint density at radius 1 is 1.36 bits per heavy atom. The van der Waals surface area contributed by atoms with Crippen LogP contribution >= 0.6 is 24.2 Å². The van der Waals surface area contributed by atoms with Gasteiger partial charge in [0.2, 0.25) is 5.91 Å². The first-order valence-electron chi connectivity index (χ1n) is 8.04. The van der Waals surface area contributed by atoms with Crippen LogP contribution in [0, 0.1) is 13.8 Å². The van der Waals surface area contributed by atoms with Crippen molar-refractivity contribution in [1.29, 1.82) is 0 Å². The average Bonchev–Trinajstić information content (AvgIpc) is 2.90. The minimum atomic E-state index is -0.429. The first-order valence-corrected chi connectivity index (χ1v) is 9.44. The van der Waals surface area contributed by atoms with Crippen LogP contribution in [-0.2, 0) is 11.3 Å². The fraction of sp³-hybridized carbons (Fsp3) is 0.444. The van der Waals surface area contributed by atoms with Crippen LogP contribution in [0.4, 0.5) is 0 Å². The Morgan fingerprint density at radius 3 is 2.68 bits per heavy atom. The average molecular weight is 383 g/mol. The van der Waals surface area contributed by atoms with Crippen molar-refractivity contribution in [2.75, 3.05) is 19.1 Å². The lowest BCUT2D eigenvalue weighted by atomic mass is 10.1. The van der Waals surface area contributed by atoms with E-state index in [1.165, 1.54) is 0 Å². The molecule has 0 aliphatic rings. The smallest absolute Gasteiger partial charge is 0.239 e. The van der Waals surface area contributed by atoms with E-state index in [1.54, 1.807) is 23.7 Å². The molecule has 1 amide bonds. The lowest BCUT2D eigenvalue weighted by molar-refractivity contribution is -0.131. The highest BCUT2D eigenvalue weighted by atomic mass is 35.5. The number of nitrogens with zero attached hydrogens (tertiary/aromatic N) is 3. The molecule has 0 unspecified atom stereocenters. The number of carbonyl (C=O) groups excluding carboxylic acids is 1. The number of aromatic nitrogens is 2. The molecule has 7 heteroatoms. The summed E-state index contributed by atoms with van der Waals surface area (Å²) in [7, 11) is 1.80. The van der Waals surface area contributed by atoms with Gasteiger partial charge in [-0.05, 0) is 56.0 Å². The Labute approximate surface area is 160 Å². The number of rotatable bonds is 7. The summed E-state index contributed by atoms with van der Waals surface area (Å²) in [6, 6.07) is 9.72. The molecule has 0 aliphatic heterocycles. The molecule has 0 bridgehead atoms. The summed E-state index contributed by atoms with van der Waals surface area (Å²) >= 11 is 1.71. The summed E-state index contributed by atoms with van der Waals surface area (Å²) in [4.78, 5) is 14.0. The summed E-state index contributed by atoms with van der Waals surface area (Å²) < 4.78 is 1.92. The topological polar surface area (TPSA) is 64.2 Å². The first-order chi connectivity index (χ1) is 11.4. The molecule has 138 valence electrons. The second-order valence-electron chi connectivity index (χ2n) is 6.09. The van der Waals surface area contributed by atoms with Crippen molar-refractivity contribution < 1.29 is 4.79 Å². The third-order valence-corrected chi connectivity index (χ3v) is 4.55. The number of hydrogen-bond donors (Lipinski definition) is 1. The Kier molecular flexibility index (Phi) is 8.48. The Balaban J connectivity index is 0.00000312. The van der Waals surface area contributed by atoms with Crippen molar-refractivity contribution in [2.24, 2.45) is 5.73 Å². The van der Waals surface area contributed by atoms with Gasteiger partial charge in [-0.15, -0.1) is 12.4 Å². The van der Waals surface area contributed by atoms with Crippen LogP contribution in [0.1, 0.15) is 23.4 Å². The van der Waals surface area contributed by atoms with Crippen LogP contribution in [0.2, 0.25) is 0 Å². The van der Waals surface area contributed by atoms with E-state index >= 15 is 0 Å². The zero-order chi connectivity index (χ0) is 17.7. The zero-order valence-electron chi connectivity index (χ0n) is 15.2. The molecule has 0 fully saturated rings. The van der Waals surface area contributed by atoms with Gasteiger partial charge in [-0.1, -0.05) is 12.1 Å². The van der Waals surface area contributed by atoms with Gasteiger partial charge in [0, 0.05) is 19.3 Å². The number of likely N-dealkylation sites (N-methyl/N-ethyl adjacent to an activating group) is 1. The van der Waals surface area contributed by atoms with E-state index in [0.29, 0.717) is 13.0 Å². The van der Waals surface area contributed by atoms with E-state index in [9.17, 15) is 4.79 Å². The number of hydrogen-bond acceptors (Lipinski definition) is 4. The Hall–Kier alpha value is -1.50. The molecule has 0 radical (unpaired) electrons. The van der Waals surface area contributed by atoms with Crippen molar-refractivity contribution in [2.45, 2.75) is 32.9 Å². The van der Waals surface area contributed by atoms with Gasteiger partial charge in [0.1, 0.15) is 0 Å². The minimum Gasteiger partial charge on any atom is -0.340 e. The van der Waals surface area contributed by atoms with Crippen LogP contribution in [0.25, 0.3) is 5.69 Å². The van der Waals surface area contributed by atoms with Crippen LogP contribution < -0.4 is 5.73 Å². The molecule has 1 heterocycles. The maximum absolute atomic E-state index is 12.3. The maximum atomic E-state index is 12.3. The Bertz CT molecular complexity index is 704. The van der Waals surface area contributed by atoms with Gasteiger partial charge in [-0.25, -0.2) is 4.68 Å². The van der Waals surface area contributed by atoms with Gasteiger partial charge in [0.25, 0.3) is 0 Å². The quantitative estimate of drug-likeness (QED) is 0.799. The largest absolute Gasteiger partial charge is 0.340 e. The van der Waals surface area contributed by atoms with Gasteiger partial charge in [-0.2, -0.15) is 16.9 Å². The molecule has 0 aliphatic carbocycles. The van der Waals surface area contributed by atoms with Crippen molar-refractivity contribution in [3.05, 3.63) is 47.3 Å². The standard InChI is InChI=1S/C18H26N4OS.ClH/c1-13-10-14(2)22(20-13)16-7-5-6-15(11-16)12-21(3)18(23)17(19)8-9-24-4;/h5-7,10-11,17H,8-9,12,19H2,1-4H3;1H/t17-;/m0./s1. The van der Waals surface area contributed by atoms with E-state index in [0.717, 1.165) is 28.4 Å². The Morgan fingerprint density at radius 2 is 2.08 bits per heavy atom. The van der Waals surface area contributed by atoms with E-state index in [1.807, 2.05) is 49.1 Å². The normalized spacial score (nSPS) is 11.7. The number of nitrogens with two attached hydrogens (primary N) is 1. The molecule has 2 aromatic rings. The van der Waals surface area contributed by atoms with Crippen molar-refractivity contribution >= 4 is 30.1 Å². The van der Waals surface area contributed by atoms with Crippen molar-refractivity contribution in [3.63, 3.8) is 0 Å². The molecule has 25 heavy (non-hydrogen) atoms. The summed E-state index contributed by atoms with van der Waals surface area (Å²) in [5, 5.41) is 4.51. The highest BCUT2D eigenvalue weighted by Gasteiger charge is 2.18. The van der Waals surface area contributed by atoms with Crippen molar-refractivity contribution in [3.8, 4) is 5.69 Å².